The maximum atomic E-state index is 12.8. The van der Waals surface area contributed by atoms with E-state index in [1.54, 1.807) is 17.0 Å². The smallest absolute Gasteiger partial charge is 0.225 e. The normalized spacial score (nSPS) is 15.1. The standard InChI is InChI=1S/C15H22FN5O2/c1-11(2)20-10-21(15(18)19-14(20)17)23-9-3-8-22-13-6-4-12(16)5-7-13/h4-7,11H,3,8-10H2,1-2H3,(H3,17,18,19). The minimum atomic E-state index is -0.291. The lowest BCUT2D eigenvalue weighted by Gasteiger charge is -2.36. The van der Waals surface area contributed by atoms with E-state index in [4.69, 9.17) is 20.7 Å². The molecule has 1 aliphatic heterocycles. The largest absolute Gasteiger partial charge is 0.494 e. The molecule has 0 saturated heterocycles. The van der Waals surface area contributed by atoms with Gasteiger partial charge in [-0.2, -0.15) is 4.99 Å². The van der Waals surface area contributed by atoms with E-state index in [2.05, 4.69) is 4.99 Å². The molecule has 0 spiro atoms. The van der Waals surface area contributed by atoms with E-state index < -0.39 is 0 Å². The number of nitrogens with one attached hydrogen (secondary N) is 1. The van der Waals surface area contributed by atoms with E-state index in [0.717, 1.165) is 0 Å². The Balaban J connectivity index is 1.72. The molecule has 0 unspecified atom stereocenters. The summed E-state index contributed by atoms with van der Waals surface area (Å²) in [6.45, 7) is 5.15. The zero-order chi connectivity index (χ0) is 16.8. The molecular formula is C15H22FN5O2. The van der Waals surface area contributed by atoms with Gasteiger partial charge in [0.1, 0.15) is 18.2 Å². The van der Waals surface area contributed by atoms with Gasteiger partial charge in [-0.25, -0.2) is 9.45 Å². The topological polar surface area (TPSA) is 87.2 Å². The molecule has 1 aliphatic rings. The predicted molar refractivity (Wildman–Crippen MR) is 85.5 cm³/mol. The molecule has 7 nitrogen and oxygen atoms in total. The number of hydrogen-bond donors (Lipinski definition) is 2. The van der Waals surface area contributed by atoms with Gasteiger partial charge in [0.05, 0.1) is 13.2 Å². The van der Waals surface area contributed by atoms with Crippen LogP contribution in [0.5, 0.6) is 5.75 Å². The van der Waals surface area contributed by atoms with Gasteiger partial charge in [0, 0.05) is 12.5 Å². The zero-order valence-electron chi connectivity index (χ0n) is 13.3. The van der Waals surface area contributed by atoms with Crippen molar-refractivity contribution in [1.29, 1.82) is 5.41 Å². The first-order valence-corrected chi connectivity index (χ1v) is 7.45. The average molecular weight is 323 g/mol. The van der Waals surface area contributed by atoms with Gasteiger partial charge in [-0.15, -0.1) is 0 Å². The number of hydroxylamine groups is 2. The minimum absolute atomic E-state index is 0.132. The van der Waals surface area contributed by atoms with Crippen molar-refractivity contribution in [3.63, 3.8) is 0 Å². The number of nitrogens with zero attached hydrogens (tertiary/aromatic N) is 3. The fourth-order valence-electron chi connectivity index (χ4n) is 1.98. The van der Waals surface area contributed by atoms with E-state index >= 15 is 0 Å². The lowest BCUT2D eigenvalue weighted by atomic mass is 10.3. The molecule has 1 aromatic rings. The second-order valence-electron chi connectivity index (χ2n) is 5.37. The molecule has 126 valence electrons. The first kappa shape index (κ1) is 17.0. The molecule has 23 heavy (non-hydrogen) atoms. The van der Waals surface area contributed by atoms with Crippen molar-refractivity contribution in [2.75, 3.05) is 19.9 Å². The minimum Gasteiger partial charge on any atom is -0.494 e. The SMILES string of the molecule is CC(C)N1CN(OCCCOc2ccc(F)cc2)C(N)=NC1=N. The third kappa shape index (κ3) is 4.82. The van der Waals surface area contributed by atoms with E-state index in [9.17, 15) is 4.39 Å². The highest BCUT2D eigenvalue weighted by Crippen LogP contribution is 2.12. The number of ether oxygens (including phenoxy) is 1. The first-order chi connectivity index (χ1) is 11.0. The van der Waals surface area contributed by atoms with Crippen molar-refractivity contribution in [1.82, 2.24) is 9.96 Å². The van der Waals surface area contributed by atoms with Gasteiger partial charge in [-0.1, -0.05) is 0 Å². The number of hydrogen-bond acceptors (Lipinski definition) is 5. The Hall–Kier alpha value is -2.35. The van der Waals surface area contributed by atoms with Crippen LogP contribution in [0.4, 0.5) is 4.39 Å². The molecule has 0 aromatic heterocycles. The van der Waals surface area contributed by atoms with Gasteiger partial charge < -0.3 is 15.4 Å². The van der Waals surface area contributed by atoms with Crippen molar-refractivity contribution < 1.29 is 14.0 Å². The van der Waals surface area contributed by atoms with Crippen molar-refractivity contribution in [3.05, 3.63) is 30.1 Å². The highest BCUT2D eigenvalue weighted by atomic mass is 19.1. The van der Waals surface area contributed by atoms with Crippen LogP contribution in [-0.4, -0.2) is 47.8 Å². The van der Waals surface area contributed by atoms with Gasteiger partial charge in [-0.3, -0.25) is 10.2 Å². The first-order valence-electron chi connectivity index (χ1n) is 7.45. The van der Waals surface area contributed by atoms with Gasteiger partial charge in [0.15, 0.2) is 0 Å². The molecule has 0 bridgehead atoms. The van der Waals surface area contributed by atoms with Crippen LogP contribution in [0, 0.1) is 11.2 Å². The average Bonchev–Trinajstić information content (AvgIpc) is 2.50. The molecule has 0 saturated carbocycles. The number of rotatable bonds is 7. The molecule has 1 aromatic carbocycles. The van der Waals surface area contributed by atoms with E-state index in [0.29, 0.717) is 32.1 Å². The fourth-order valence-corrected chi connectivity index (χ4v) is 1.98. The predicted octanol–water partition coefficient (Wildman–Crippen LogP) is 1.76. The fraction of sp³-hybridized carbons (Fsp3) is 0.467. The Morgan fingerprint density at radius 1 is 1.30 bits per heavy atom. The Kier molecular flexibility index (Phi) is 5.75. The lowest BCUT2D eigenvalue weighted by Crippen LogP contribution is -2.53. The van der Waals surface area contributed by atoms with Crippen molar-refractivity contribution in [2.24, 2.45) is 10.7 Å². The number of halogens is 1. The summed E-state index contributed by atoms with van der Waals surface area (Å²) in [5.74, 6) is 0.633. The summed E-state index contributed by atoms with van der Waals surface area (Å²) >= 11 is 0. The van der Waals surface area contributed by atoms with E-state index in [-0.39, 0.29) is 23.8 Å². The molecular weight excluding hydrogens is 301 g/mol. The van der Waals surface area contributed by atoms with Crippen molar-refractivity contribution in [2.45, 2.75) is 26.3 Å². The highest BCUT2D eigenvalue weighted by Gasteiger charge is 2.24. The third-order valence-electron chi connectivity index (χ3n) is 3.27. The highest BCUT2D eigenvalue weighted by molar-refractivity contribution is 5.94. The maximum absolute atomic E-state index is 12.8. The van der Waals surface area contributed by atoms with Crippen molar-refractivity contribution >= 4 is 11.9 Å². The van der Waals surface area contributed by atoms with E-state index in [1.807, 2.05) is 13.8 Å². The van der Waals surface area contributed by atoms with Crippen LogP contribution in [0.2, 0.25) is 0 Å². The van der Waals surface area contributed by atoms with Crippen LogP contribution in [0.15, 0.2) is 29.3 Å². The summed E-state index contributed by atoms with van der Waals surface area (Å²) in [5.41, 5.74) is 5.77. The van der Waals surface area contributed by atoms with Gasteiger partial charge in [0.2, 0.25) is 11.9 Å². The summed E-state index contributed by atoms with van der Waals surface area (Å²) in [6, 6.07) is 6.00. The molecule has 8 heteroatoms. The molecule has 0 radical (unpaired) electrons. The van der Waals surface area contributed by atoms with Crippen LogP contribution < -0.4 is 10.5 Å². The molecule has 0 amide bonds. The van der Waals surface area contributed by atoms with Gasteiger partial charge in [0.25, 0.3) is 0 Å². The van der Waals surface area contributed by atoms with Gasteiger partial charge >= 0.3 is 0 Å². The Labute approximate surface area is 134 Å². The molecule has 0 fully saturated rings. The number of aliphatic imine (C=N–C) groups is 1. The molecule has 0 aliphatic carbocycles. The van der Waals surface area contributed by atoms with Crippen molar-refractivity contribution in [3.8, 4) is 5.75 Å². The Morgan fingerprint density at radius 3 is 2.65 bits per heavy atom. The second kappa shape index (κ2) is 7.77. The third-order valence-corrected chi connectivity index (χ3v) is 3.27. The number of nitrogens with two attached hydrogens (primary N) is 1. The summed E-state index contributed by atoms with van der Waals surface area (Å²) in [4.78, 5) is 11.3. The molecule has 3 N–H and O–H groups in total. The van der Waals surface area contributed by atoms with Crippen LogP contribution >= 0.6 is 0 Å². The summed E-state index contributed by atoms with van der Waals surface area (Å²) in [6.07, 6.45) is 0.639. The van der Waals surface area contributed by atoms with Crippen LogP contribution in [0.3, 0.4) is 0 Å². The van der Waals surface area contributed by atoms with Crippen LogP contribution in [0.1, 0.15) is 20.3 Å². The number of guanidine groups is 2. The summed E-state index contributed by atoms with van der Waals surface area (Å²) in [7, 11) is 0. The Bertz CT molecular complexity index is 561. The van der Waals surface area contributed by atoms with E-state index in [1.165, 1.54) is 17.2 Å². The van der Waals surface area contributed by atoms with Gasteiger partial charge in [-0.05, 0) is 38.1 Å². The van der Waals surface area contributed by atoms with Crippen LogP contribution in [0.25, 0.3) is 0 Å². The summed E-state index contributed by atoms with van der Waals surface area (Å²) in [5, 5.41) is 9.25. The van der Waals surface area contributed by atoms with Crippen LogP contribution in [-0.2, 0) is 4.84 Å². The monoisotopic (exact) mass is 323 g/mol. The quantitative estimate of drug-likeness (QED) is 0.747. The number of benzene rings is 1. The molecule has 0 atom stereocenters. The molecule has 1 heterocycles. The lowest BCUT2D eigenvalue weighted by molar-refractivity contribution is -0.126. The second-order valence-corrected chi connectivity index (χ2v) is 5.37. The molecule has 2 rings (SSSR count). The Morgan fingerprint density at radius 2 is 2.00 bits per heavy atom. The maximum Gasteiger partial charge on any atom is 0.225 e. The summed E-state index contributed by atoms with van der Waals surface area (Å²) < 4.78 is 18.2. The zero-order valence-corrected chi connectivity index (χ0v) is 13.3.